The maximum absolute atomic E-state index is 4.52. The van der Waals surface area contributed by atoms with E-state index < -0.39 is 0 Å². The van der Waals surface area contributed by atoms with E-state index in [0.717, 1.165) is 12.8 Å². The van der Waals surface area contributed by atoms with Crippen LogP contribution in [0.15, 0.2) is 30.3 Å². The maximum atomic E-state index is 4.52. The maximum Gasteiger partial charge on any atom is 0.0802 e. The molecular weight excluding hydrogens is 184 g/mol. The predicted molar refractivity (Wildman–Crippen MR) is 61.0 cm³/mol. The molecule has 66 valence electrons. The van der Waals surface area contributed by atoms with Crippen LogP contribution in [-0.2, 0) is 4.08 Å². The van der Waals surface area contributed by atoms with Gasteiger partial charge in [-0.1, -0.05) is 43.7 Å². The molecule has 2 heteroatoms. The van der Waals surface area contributed by atoms with Crippen molar-refractivity contribution in [3.63, 3.8) is 0 Å². The molecule has 0 unspecified atom stereocenters. The van der Waals surface area contributed by atoms with Crippen molar-refractivity contribution in [1.29, 1.82) is 0 Å². The molecule has 0 N–H and O–H groups in total. The molecule has 12 heavy (non-hydrogen) atoms. The molecule has 1 rings (SSSR count). The second-order valence-corrected chi connectivity index (χ2v) is 4.81. The SMILES string of the molecule is CCCC(S)(S)c1ccccc1. The highest BCUT2D eigenvalue weighted by Crippen LogP contribution is 2.36. The van der Waals surface area contributed by atoms with Crippen LogP contribution in [0.3, 0.4) is 0 Å². The summed E-state index contributed by atoms with van der Waals surface area (Å²) in [4.78, 5) is 0. The average molecular weight is 198 g/mol. The van der Waals surface area contributed by atoms with E-state index in [1.807, 2.05) is 18.2 Å². The molecule has 0 amide bonds. The number of thiol groups is 2. The second-order valence-electron chi connectivity index (χ2n) is 2.93. The fourth-order valence-electron chi connectivity index (χ4n) is 1.20. The zero-order valence-electron chi connectivity index (χ0n) is 7.20. The first kappa shape index (κ1) is 10.0. The standard InChI is InChI=1S/C10H14S2/c1-2-8-10(11,12)9-6-4-3-5-7-9/h3-7,11-12H,2,8H2,1H3. The van der Waals surface area contributed by atoms with E-state index in [1.165, 1.54) is 5.56 Å². The van der Waals surface area contributed by atoms with E-state index in [4.69, 9.17) is 0 Å². The Kier molecular flexibility index (Phi) is 3.53. The number of rotatable bonds is 3. The fourth-order valence-corrected chi connectivity index (χ4v) is 1.94. The number of hydrogen-bond acceptors (Lipinski definition) is 2. The fraction of sp³-hybridized carbons (Fsp3) is 0.400. The third kappa shape index (κ3) is 2.46. The van der Waals surface area contributed by atoms with Crippen molar-refractivity contribution in [2.24, 2.45) is 0 Å². The van der Waals surface area contributed by atoms with Gasteiger partial charge in [-0.2, -0.15) is 25.3 Å². The Balaban J connectivity index is 2.82. The third-order valence-electron chi connectivity index (χ3n) is 1.83. The van der Waals surface area contributed by atoms with Crippen LogP contribution in [0.4, 0.5) is 0 Å². The topological polar surface area (TPSA) is 0 Å². The van der Waals surface area contributed by atoms with Crippen molar-refractivity contribution in [1.82, 2.24) is 0 Å². The zero-order chi connectivity index (χ0) is 9.03. The number of hydrogen-bond donors (Lipinski definition) is 2. The zero-order valence-corrected chi connectivity index (χ0v) is 8.98. The van der Waals surface area contributed by atoms with Gasteiger partial charge in [-0.3, -0.25) is 0 Å². The first-order valence-corrected chi connectivity index (χ1v) is 5.06. The predicted octanol–water partition coefficient (Wildman–Crippen LogP) is 3.50. The lowest BCUT2D eigenvalue weighted by Gasteiger charge is -2.22. The van der Waals surface area contributed by atoms with Crippen LogP contribution in [0.5, 0.6) is 0 Å². The Morgan fingerprint density at radius 3 is 2.25 bits per heavy atom. The van der Waals surface area contributed by atoms with Gasteiger partial charge in [0.1, 0.15) is 0 Å². The minimum absolute atomic E-state index is 0.268. The van der Waals surface area contributed by atoms with Crippen LogP contribution >= 0.6 is 25.3 Å². The second kappa shape index (κ2) is 4.24. The molecule has 0 nitrogen and oxygen atoms in total. The average Bonchev–Trinajstić information content (AvgIpc) is 2.06. The summed E-state index contributed by atoms with van der Waals surface area (Å²) in [6.45, 7) is 2.14. The third-order valence-corrected chi connectivity index (χ3v) is 2.80. The van der Waals surface area contributed by atoms with Gasteiger partial charge < -0.3 is 0 Å². The quantitative estimate of drug-likeness (QED) is 0.539. The molecule has 0 saturated carbocycles. The molecule has 1 aromatic carbocycles. The van der Waals surface area contributed by atoms with Gasteiger partial charge in [-0.15, -0.1) is 0 Å². The normalized spacial score (nSPS) is 11.6. The molecule has 0 aliphatic carbocycles. The Hall–Kier alpha value is -0.0800. The van der Waals surface area contributed by atoms with E-state index >= 15 is 0 Å². The molecule has 0 saturated heterocycles. The minimum Gasteiger partial charge on any atom is -0.157 e. The minimum atomic E-state index is -0.268. The van der Waals surface area contributed by atoms with E-state index in [-0.39, 0.29) is 4.08 Å². The van der Waals surface area contributed by atoms with Crippen LogP contribution in [-0.4, -0.2) is 0 Å². The lowest BCUT2D eigenvalue weighted by atomic mass is 10.1. The van der Waals surface area contributed by atoms with Crippen molar-refractivity contribution in [2.45, 2.75) is 23.8 Å². The molecule has 0 aromatic heterocycles. The Morgan fingerprint density at radius 2 is 1.75 bits per heavy atom. The largest absolute Gasteiger partial charge is 0.157 e. The molecule has 0 spiro atoms. The molecular formula is C10H14S2. The molecule has 0 atom stereocenters. The molecule has 0 heterocycles. The lowest BCUT2D eigenvalue weighted by Crippen LogP contribution is -2.09. The van der Waals surface area contributed by atoms with Crippen molar-refractivity contribution in [3.8, 4) is 0 Å². The van der Waals surface area contributed by atoms with Gasteiger partial charge in [0.05, 0.1) is 4.08 Å². The Labute approximate surface area is 85.2 Å². The van der Waals surface area contributed by atoms with Gasteiger partial charge in [0.25, 0.3) is 0 Å². The van der Waals surface area contributed by atoms with Gasteiger partial charge in [0.2, 0.25) is 0 Å². The first-order chi connectivity index (χ1) is 5.67. The van der Waals surface area contributed by atoms with E-state index in [2.05, 4.69) is 44.3 Å². The lowest BCUT2D eigenvalue weighted by molar-refractivity contribution is 0.743. The van der Waals surface area contributed by atoms with E-state index in [1.54, 1.807) is 0 Å². The van der Waals surface area contributed by atoms with Crippen molar-refractivity contribution in [2.75, 3.05) is 0 Å². The highest BCUT2D eigenvalue weighted by Gasteiger charge is 2.20. The van der Waals surface area contributed by atoms with Crippen molar-refractivity contribution in [3.05, 3.63) is 35.9 Å². The van der Waals surface area contributed by atoms with Gasteiger partial charge in [-0.05, 0) is 12.0 Å². The molecule has 1 aromatic rings. The molecule has 0 fully saturated rings. The first-order valence-electron chi connectivity index (χ1n) is 4.17. The summed E-state index contributed by atoms with van der Waals surface area (Å²) in [7, 11) is 0. The van der Waals surface area contributed by atoms with Crippen LogP contribution in [0.1, 0.15) is 25.3 Å². The summed E-state index contributed by atoms with van der Waals surface area (Å²) in [5, 5.41) is 0. The Bertz CT molecular complexity index is 229. The van der Waals surface area contributed by atoms with Gasteiger partial charge in [0.15, 0.2) is 0 Å². The smallest absolute Gasteiger partial charge is 0.0802 e. The van der Waals surface area contributed by atoms with Gasteiger partial charge >= 0.3 is 0 Å². The summed E-state index contributed by atoms with van der Waals surface area (Å²) < 4.78 is -0.268. The number of benzene rings is 1. The van der Waals surface area contributed by atoms with Crippen LogP contribution in [0, 0.1) is 0 Å². The van der Waals surface area contributed by atoms with E-state index in [9.17, 15) is 0 Å². The summed E-state index contributed by atoms with van der Waals surface area (Å²) in [5.41, 5.74) is 1.18. The highest BCUT2D eigenvalue weighted by atomic mass is 32.2. The van der Waals surface area contributed by atoms with Crippen molar-refractivity contribution < 1.29 is 0 Å². The molecule has 0 aliphatic rings. The Morgan fingerprint density at radius 1 is 1.17 bits per heavy atom. The van der Waals surface area contributed by atoms with Crippen LogP contribution < -0.4 is 0 Å². The van der Waals surface area contributed by atoms with Crippen LogP contribution in [0.25, 0.3) is 0 Å². The van der Waals surface area contributed by atoms with Gasteiger partial charge in [-0.25, -0.2) is 0 Å². The molecule has 0 radical (unpaired) electrons. The monoisotopic (exact) mass is 198 g/mol. The highest BCUT2D eigenvalue weighted by molar-refractivity contribution is 7.99. The summed E-state index contributed by atoms with van der Waals surface area (Å²) >= 11 is 9.04. The van der Waals surface area contributed by atoms with Crippen LogP contribution in [0.2, 0.25) is 0 Å². The molecule has 0 aliphatic heterocycles. The summed E-state index contributed by atoms with van der Waals surface area (Å²) in [6, 6.07) is 10.2. The van der Waals surface area contributed by atoms with Gasteiger partial charge in [0, 0.05) is 0 Å². The molecule has 0 bridgehead atoms. The summed E-state index contributed by atoms with van der Waals surface area (Å²) in [6.07, 6.45) is 2.09. The summed E-state index contributed by atoms with van der Waals surface area (Å²) in [5.74, 6) is 0. The van der Waals surface area contributed by atoms with E-state index in [0.29, 0.717) is 0 Å². The van der Waals surface area contributed by atoms with Crippen molar-refractivity contribution >= 4 is 25.3 Å².